The van der Waals surface area contributed by atoms with Gasteiger partial charge in [0.15, 0.2) is 5.96 Å². The molecule has 0 radical (unpaired) electrons. The molecule has 1 atom stereocenters. The van der Waals surface area contributed by atoms with Gasteiger partial charge in [-0.1, -0.05) is 44.2 Å². The number of nitrogens with zero attached hydrogens (tertiary/aromatic N) is 2. The van der Waals surface area contributed by atoms with E-state index in [0.29, 0.717) is 5.92 Å². The Morgan fingerprint density at radius 1 is 1.32 bits per heavy atom. The highest BCUT2D eigenvalue weighted by atomic mass is 15.4. The fourth-order valence-electron chi connectivity index (χ4n) is 3.19. The van der Waals surface area contributed by atoms with Crippen molar-refractivity contribution in [2.75, 3.05) is 13.1 Å². The average molecular weight is 257 g/mol. The highest BCUT2D eigenvalue weighted by Gasteiger charge is 2.47. The summed E-state index contributed by atoms with van der Waals surface area (Å²) >= 11 is 0. The molecule has 0 spiro atoms. The summed E-state index contributed by atoms with van der Waals surface area (Å²) in [6, 6.07) is 10.7. The van der Waals surface area contributed by atoms with E-state index in [1.807, 2.05) is 0 Å². The molecule has 1 aliphatic heterocycles. The molecule has 1 aromatic rings. The summed E-state index contributed by atoms with van der Waals surface area (Å²) in [7, 11) is 0. The second-order valence-electron chi connectivity index (χ2n) is 6.17. The number of hydrogen-bond acceptors (Lipinski definition) is 3. The first-order valence-corrected chi connectivity index (χ1v) is 7.27. The molecule has 0 aromatic heterocycles. The Kier molecular flexibility index (Phi) is 3.00. The predicted molar refractivity (Wildman–Crippen MR) is 78.9 cm³/mol. The van der Waals surface area contributed by atoms with Crippen molar-refractivity contribution in [3.63, 3.8) is 0 Å². The number of rotatable bonds is 4. The number of aliphatic imine (C=N–C) groups is 1. The fourth-order valence-corrected chi connectivity index (χ4v) is 3.19. The topological polar surface area (TPSA) is 41.6 Å². The molecule has 3 heteroatoms. The molecule has 1 aliphatic carbocycles. The van der Waals surface area contributed by atoms with Crippen LogP contribution in [0.3, 0.4) is 0 Å². The van der Waals surface area contributed by atoms with E-state index in [9.17, 15) is 0 Å². The molecule has 0 saturated heterocycles. The first-order chi connectivity index (χ1) is 9.14. The Morgan fingerprint density at radius 3 is 2.58 bits per heavy atom. The Labute approximate surface area is 115 Å². The van der Waals surface area contributed by atoms with Crippen molar-refractivity contribution < 1.29 is 0 Å². The van der Waals surface area contributed by atoms with Gasteiger partial charge in [0.1, 0.15) is 0 Å². The van der Waals surface area contributed by atoms with Crippen molar-refractivity contribution in [3.8, 4) is 0 Å². The van der Waals surface area contributed by atoms with Crippen molar-refractivity contribution in [2.24, 2.45) is 22.6 Å². The smallest absolute Gasteiger partial charge is 0.192 e. The van der Waals surface area contributed by atoms with Gasteiger partial charge in [-0.25, -0.2) is 0 Å². The molecule has 1 fully saturated rings. The number of hydrogen-bond donors (Lipinski definition) is 1. The lowest BCUT2D eigenvalue weighted by molar-refractivity contribution is 0.132. The number of benzene rings is 1. The minimum atomic E-state index is -0.0477. The van der Waals surface area contributed by atoms with Crippen molar-refractivity contribution in [1.82, 2.24) is 4.90 Å². The van der Waals surface area contributed by atoms with Crippen molar-refractivity contribution >= 4 is 5.96 Å². The lowest BCUT2D eigenvalue weighted by Crippen LogP contribution is -2.53. The maximum atomic E-state index is 6.18. The monoisotopic (exact) mass is 257 g/mol. The normalized spacial score (nSPS) is 26.9. The van der Waals surface area contributed by atoms with Crippen LogP contribution in [0.4, 0.5) is 0 Å². The molecule has 1 aromatic carbocycles. The number of guanidine groups is 1. The second kappa shape index (κ2) is 4.55. The summed E-state index contributed by atoms with van der Waals surface area (Å²) in [6.45, 7) is 6.40. The number of nitrogens with two attached hydrogens (primary N) is 1. The van der Waals surface area contributed by atoms with Crippen molar-refractivity contribution in [2.45, 2.75) is 32.2 Å². The van der Waals surface area contributed by atoms with Crippen LogP contribution < -0.4 is 5.73 Å². The van der Waals surface area contributed by atoms with Crippen LogP contribution in [0.15, 0.2) is 35.3 Å². The molecule has 0 bridgehead atoms. The van der Waals surface area contributed by atoms with E-state index in [4.69, 9.17) is 5.73 Å². The molecule has 1 unspecified atom stereocenters. The first kappa shape index (κ1) is 12.5. The SMILES string of the molecule is CC(C)C1(c2ccccc2)CN=C(N)N1CC1CC1. The van der Waals surface area contributed by atoms with Crippen LogP contribution in [-0.4, -0.2) is 23.9 Å². The van der Waals surface area contributed by atoms with E-state index in [1.165, 1.54) is 18.4 Å². The summed E-state index contributed by atoms with van der Waals surface area (Å²) in [5.74, 6) is 2.02. The summed E-state index contributed by atoms with van der Waals surface area (Å²) in [5.41, 5.74) is 7.48. The van der Waals surface area contributed by atoms with Crippen LogP contribution in [0.1, 0.15) is 32.3 Å². The molecule has 3 rings (SSSR count). The standard InChI is InChI=1S/C16H23N3/c1-12(2)16(14-6-4-3-5-7-14)11-18-15(17)19(16)10-13-8-9-13/h3-7,12-13H,8-11H2,1-2H3,(H2,17,18). The molecule has 1 saturated carbocycles. The van der Waals surface area contributed by atoms with Crippen molar-refractivity contribution in [3.05, 3.63) is 35.9 Å². The minimum Gasteiger partial charge on any atom is -0.370 e. The van der Waals surface area contributed by atoms with Crippen LogP contribution >= 0.6 is 0 Å². The van der Waals surface area contributed by atoms with Gasteiger partial charge in [-0.2, -0.15) is 0 Å². The summed E-state index contributed by atoms with van der Waals surface area (Å²) < 4.78 is 0. The van der Waals surface area contributed by atoms with Gasteiger partial charge in [0.2, 0.25) is 0 Å². The zero-order valence-electron chi connectivity index (χ0n) is 11.8. The van der Waals surface area contributed by atoms with Gasteiger partial charge in [0.05, 0.1) is 12.1 Å². The maximum absolute atomic E-state index is 6.18. The lowest BCUT2D eigenvalue weighted by Gasteiger charge is -2.43. The second-order valence-corrected chi connectivity index (χ2v) is 6.17. The van der Waals surface area contributed by atoms with Crippen LogP contribution in [0, 0.1) is 11.8 Å². The first-order valence-electron chi connectivity index (χ1n) is 7.27. The molecule has 2 aliphatic rings. The molecular formula is C16H23N3. The van der Waals surface area contributed by atoms with Gasteiger partial charge in [0, 0.05) is 6.54 Å². The van der Waals surface area contributed by atoms with E-state index in [2.05, 4.69) is 54.1 Å². The predicted octanol–water partition coefficient (Wildman–Crippen LogP) is 2.58. The van der Waals surface area contributed by atoms with E-state index < -0.39 is 0 Å². The Balaban J connectivity index is 2.00. The van der Waals surface area contributed by atoms with Crippen LogP contribution in [-0.2, 0) is 5.54 Å². The van der Waals surface area contributed by atoms with Gasteiger partial charge >= 0.3 is 0 Å². The van der Waals surface area contributed by atoms with Crippen LogP contribution in [0.25, 0.3) is 0 Å². The fraction of sp³-hybridized carbons (Fsp3) is 0.562. The lowest BCUT2D eigenvalue weighted by atomic mass is 9.79. The van der Waals surface area contributed by atoms with E-state index >= 15 is 0 Å². The van der Waals surface area contributed by atoms with Crippen LogP contribution in [0.5, 0.6) is 0 Å². The third-order valence-corrected chi connectivity index (χ3v) is 4.61. The highest BCUT2D eigenvalue weighted by molar-refractivity contribution is 5.81. The average Bonchev–Trinajstić information content (AvgIpc) is 3.16. The third-order valence-electron chi connectivity index (χ3n) is 4.61. The van der Waals surface area contributed by atoms with Gasteiger partial charge in [-0.05, 0) is 30.2 Å². The molecule has 0 amide bonds. The minimum absolute atomic E-state index is 0.0477. The molecule has 2 N–H and O–H groups in total. The third kappa shape index (κ3) is 2.01. The molecule has 1 heterocycles. The van der Waals surface area contributed by atoms with Gasteiger partial charge in [-0.3, -0.25) is 4.99 Å². The van der Waals surface area contributed by atoms with E-state index in [-0.39, 0.29) is 5.54 Å². The van der Waals surface area contributed by atoms with Gasteiger partial charge < -0.3 is 10.6 Å². The highest BCUT2D eigenvalue weighted by Crippen LogP contribution is 2.42. The van der Waals surface area contributed by atoms with E-state index in [1.54, 1.807) is 0 Å². The van der Waals surface area contributed by atoms with Crippen molar-refractivity contribution in [1.29, 1.82) is 0 Å². The zero-order valence-corrected chi connectivity index (χ0v) is 11.8. The summed E-state index contributed by atoms with van der Waals surface area (Å²) in [6.07, 6.45) is 2.68. The Bertz CT molecular complexity index is 476. The van der Waals surface area contributed by atoms with Gasteiger partial charge in [0.25, 0.3) is 0 Å². The van der Waals surface area contributed by atoms with Crippen LogP contribution in [0.2, 0.25) is 0 Å². The molecular weight excluding hydrogens is 234 g/mol. The Hall–Kier alpha value is -1.51. The summed E-state index contributed by atoms with van der Waals surface area (Å²) in [5, 5.41) is 0. The van der Waals surface area contributed by atoms with E-state index in [0.717, 1.165) is 25.0 Å². The quantitative estimate of drug-likeness (QED) is 0.900. The largest absolute Gasteiger partial charge is 0.370 e. The Morgan fingerprint density at radius 2 is 2.00 bits per heavy atom. The molecule has 102 valence electrons. The summed E-state index contributed by atoms with van der Waals surface area (Å²) in [4.78, 5) is 6.94. The zero-order chi connectivity index (χ0) is 13.5. The molecule has 19 heavy (non-hydrogen) atoms. The molecule has 3 nitrogen and oxygen atoms in total. The van der Waals surface area contributed by atoms with Gasteiger partial charge in [-0.15, -0.1) is 0 Å². The maximum Gasteiger partial charge on any atom is 0.192 e.